The number of rotatable bonds is 3. The smallest absolute Gasteiger partial charge is 0.122 e. The molecule has 1 heterocycles. The van der Waals surface area contributed by atoms with Gasteiger partial charge in [-0.3, -0.25) is 11.3 Å². The molecule has 0 aromatic heterocycles. The van der Waals surface area contributed by atoms with Gasteiger partial charge in [-0.25, -0.2) is 0 Å². The molecule has 0 aliphatic carbocycles. The summed E-state index contributed by atoms with van der Waals surface area (Å²) in [4.78, 5) is 0. The number of hydrogen-bond donors (Lipinski definition) is 2. The second-order valence-electron chi connectivity index (χ2n) is 5.46. The van der Waals surface area contributed by atoms with E-state index in [0.29, 0.717) is 6.61 Å². The maximum absolute atomic E-state index is 5.84. The Labute approximate surface area is 119 Å². The molecule has 0 fully saturated rings. The highest BCUT2D eigenvalue weighted by molar-refractivity contribution is 5.43. The van der Waals surface area contributed by atoms with Gasteiger partial charge in [-0.1, -0.05) is 42.0 Å². The van der Waals surface area contributed by atoms with E-state index in [0.717, 1.165) is 5.75 Å². The molecule has 2 unspecified atom stereocenters. The molecule has 1 aliphatic rings. The van der Waals surface area contributed by atoms with Crippen LogP contribution in [0.15, 0.2) is 42.5 Å². The number of fused-ring (bicyclic) bond motifs is 1. The van der Waals surface area contributed by atoms with Gasteiger partial charge in [-0.2, -0.15) is 0 Å². The van der Waals surface area contributed by atoms with Crippen LogP contribution in [0.4, 0.5) is 0 Å². The molecule has 0 saturated heterocycles. The van der Waals surface area contributed by atoms with Gasteiger partial charge in [0.25, 0.3) is 0 Å². The summed E-state index contributed by atoms with van der Waals surface area (Å²) in [5.74, 6) is 7.07. The van der Waals surface area contributed by atoms with Gasteiger partial charge in [0.05, 0.1) is 12.6 Å². The van der Waals surface area contributed by atoms with Gasteiger partial charge < -0.3 is 4.74 Å². The van der Waals surface area contributed by atoms with Gasteiger partial charge in [0.2, 0.25) is 0 Å². The first-order valence-corrected chi connectivity index (χ1v) is 6.95. The van der Waals surface area contributed by atoms with Crippen molar-refractivity contribution in [2.24, 2.45) is 5.84 Å². The summed E-state index contributed by atoms with van der Waals surface area (Å²) in [5.41, 5.74) is 7.98. The van der Waals surface area contributed by atoms with E-state index in [9.17, 15) is 0 Å². The van der Waals surface area contributed by atoms with Crippen molar-refractivity contribution in [3.05, 3.63) is 64.7 Å². The quantitative estimate of drug-likeness (QED) is 0.664. The zero-order chi connectivity index (χ0) is 14.1. The lowest BCUT2D eigenvalue weighted by atomic mass is 9.86. The summed E-state index contributed by atoms with van der Waals surface area (Å²) in [7, 11) is 0. The van der Waals surface area contributed by atoms with E-state index in [1.807, 2.05) is 12.1 Å². The molecule has 0 radical (unpaired) electrons. The zero-order valence-electron chi connectivity index (χ0n) is 11.9. The highest BCUT2D eigenvalue weighted by Gasteiger charge is 2.32. The Balaban J connectivity index is 1.99. The van der Waals surface area contributed by atoms with Crippen LogP contribution in [-0.4, -0.2) is 6.61 Å². The fraction of sp³-hybridized carbons (Fsp3) is 0.294. The molecule has 3 heteroatoms. The molecule has 2 aromatic carbocycles. The summed E-state index contributed by atoms with van der Waals surface area (Å²) in [6.45, 7) is 4.91. The first-order chi connectivity index (χ1) is 9.70. The van der Waals surface area contributed by atoms with E-state index in [1.54, 1.807) is 0 Å². The molecule has 0 bridgehead atoms. The number of para-hydroxylation sites is 1. The van der Waals surface area contributed by atoms with Crippen LogP contribution in [0, 0.1) is 13.8 Å². The normalized spacial score (nSPS) is 18.4. The summed E-state index contributed by atoms with van der Waals surface area (Å²) in [6.07, 6.45) is 0. The fourth-order valence-corrected chi connectivity index (χ4v) is 3.06. The van der Waals surface area contributed by atoms with Crippen molar-refractivity contribution in [2.75, 3.05) is 6.61 Å². The average molecular weight is 268 g/mol. The van der Waals surface area contributed by atoms with Gasteiger partial charge in [0, 0.05) is 11.5 Å². The van der Waals surface area contributed by atoms with E-state index in [4.69, 9.17) is 10.6 Å². The van der Waals surface area contributed by atoms with Gasteiger partial charge in [0.1, 0.15) is 5.75 Å². The van der Waals surface area contributed by atoms with Crippen LogP contribution >= 0.6 is 0 Å². The van der Waals surface area contributed by atoms with Crippen molar-refractivity contribution >= 4 is 0 Å². The number of hydrazine groups is 1. The van der Waals surface area contributed by atoms with Crippen molar-refractivity contribution in [1.82, 2.24) is 5.43 Å². The Kier molecular flexibility index (Phi) is 3.47. The first-order valence-electron chi connectivity index (χ1n) is 6.95. The lowest BCUT2D eigenvalue weighted by Gasteiger charge is -2.24. The zero-order valence-corrected chi connectivity index (χ0v) is 11.9. The number of nitrogens with one attached hydrogen (secondary N) is 1. The predicted octanol–water partition coefficient (Wildman–Crippen LogP) is 2.98. The monoisotopic (exact) mass is 268 g/mol. The highest BCUT2D eigenvalue weighted by atomic mass is 16.5. The van der Waals surface area contributed by atoms with E-state index < -0.39 is 0 Å². The Hall–Kier alpha value is -1.84. The maximum Gasteiger partial charge on any atom is 0.122 e. The van der Waals surface area contributed by atoms with Crippen molar-refractivity contribution in [2.45, 2.75) is 25.8 Å². The molecular formula is C17H20N2O. The lowest BCUT2D eigenvalue weighted by Crippen LogP contribution is -2.33. The van der Waals surface area contributed by atoms with Crippen LogP contribution in [0.2, 0.25) is 0 Å². The summed E-state index contributed by atoms with van der Waals surface area (Å²) in [5, 5.41) is 0. The molecular weight excluding hydrogens is 248 g/mol. The van der Waals surface area contributed by atoms with Crippen LogP contribution in [0.25, 0.3) is 0 Å². The Morgan fingerprint density at radius 1 is 1.20 bits per heavy atom. The number of aryl methyl sites for hydroxylation is 2. The average Bonchev–Trinajstić information content (AvgIpc) is 2.86. The minimum Gasteiger partial charge on any atom is -0.493 e. The Morgan fingerprint density at radius 3 is 2.75 bits per heavy atom. The molecule has 2 aromatic rings. The molecule has 3 rings (SSSR count). The van der Waals surface area contributed by atoms with Crippen LogP contribution in [0.5, 0.6) is 5.75 Å². The van der Waals surface area contributed by atoms with Crippen molar-refractivity contribution in [3.63, 3.8) is 0 Å². The number of hydrogen-bond acceptors (Lipinski definition) is 3. The third-order valence-electron chi connectivity index (χ3n) is 4.08. The molecule has 0 spiro atoms. The first kappa shape index (κ1) is 13.2. The predicted molar refractivity (Wildman–Crippen MR) is 80.7 cm³/mol. The molecule has 1 aliphatic heterocycles. The summed E-state index contributed by atoms with van der Waals surface area (Å²) in [6, 6.07) is 14.8. The molecule has 3 N–H and O–H groups in total. The standard InChI is InChI=1S/C17H20N2O/c1-11-7-8-13(12(2)9-11)17(19-18)15-10-20-16-6-4-3-5-14(15)16/h3-9,15,17,19H,10,18H2,1-2H3. The van der Waals surface area contributed by atoms with Crippen LogP contribution in [0.1, 0.15) is 34.2 Å². The van der Waals surface area contributed by atoms with E-state index in [1.165, 1.54) is 22.3 Å². The van der Waals surface area contributed by atoms with Crippen LogP contribution in [-0.2, 0) is 0 Å². The second-order valence-corrected chi connectivity index (χ2v) is 5.46. The van der Waals surface area contributed by atoms with Gasteiger partial charge in [-0.05, 0) is 31.0 Å². The number of benzene rings is 2. The topological polar surface area (TPSA) is 47.3 Å². The van der Waals surface area contributed by atoms with E-state index in [-0.39, 0.29) is 12.0 Å². The molecule has 0 saturated carbocycles. The van der Waals surface area contributed by atoms with Crippen LogP contribution in [0.3, 0.4) is 0 Å². The Bertz CT molecular complexity index is 624. The SMILES string of the molecule is Cc1ccc(C(NN)C2COc3ccccc32)c(C)c1. The van der Waals surface area contributed by atoms with Crippen molar-refractivity contribution < 1.29 is 4.74 Å². The van der Waals surface area contributed by atoms with Gasteiger partial charge >= 0.3 is 0 Å². The molecule has 0 amide bonds. The second kappa shape index (κ2) is 5.27. The summed E-state index contributed by atoms with van der Waals surface area (Å²) < 4.78 is 5.78. The molecule has 2 atom stereocenters. The van der Waals surface area contributed by atoms with E-state index in [2.05, 4.69) is 49.6 Å². The minimum atomic E-state index is 0.0687. The van der Waals surface area contributed by atoms with E-state index >= 15 is 0 Å². The molecule has 20 heavy (non-hydrogen) atoms. The fourth-order valence-electron chi connectivity index (χ4n) is 3.06. The Morgan fingerprint density at radius 2 is 2.00 bits per heavy atom. The third-order valence-corrected chi connectivity index (χ3v) is 4.08. The number of nitrogens with two attached hydrogens (primary N) is 1. The number of ether oxygens (including phenoxy) is 1. The lowest BCUT2D eigenvalue weighted by molar-refractivity contribution is 0.300. The molecule has 3 nitrogen and oxygen atoms in total. The van der Waals surface area contributed by atoms with Crippen LogP contribution < -0.4 is 16.0 Å². The third kappa shape index (κ3) is 2.19. The maximum atomic E-state index is 5.84. The largest absolute Gasteiger partial charge is 0.493 e. The highest BCUT2D eigenvalue weighted by Crippen LogP contribution is 2.41. The van der Waals surface area contributed by atoms with Gasteiger partial charge in [0.15, 0.2) is 0 Å². The van der Waals surface area contributed by atoms with Crippen molar-refractivity contribution in [1.29, 1.82) is 0 Å². The van der Waals surface area contributed by atoms with Crippen molar-refractivity contribution in [3.8, 4) is 5.75 Å². The molecule has 104 valence electrons. The van der Waals surface area contributed by atoms with Gasteiger partial charge in [-0.15, -0.1) is 0 Å². The minimum absolute atomic E-state index is 0.0687. The summed E-state index contributed by atoms with van der Waals surface area (Å²) >= 11 is 0.